The number of thiol groups is 1. The van der Waals surface area contributed by atoms with Gasteiger partial charge in [-0.2, -0.15) is 16.9 Å². The molecule has 0 spiro atoms. The first kappa shape index (κ1) is 15.5. The largest absolute Gasteiger partial charge is 0.481 e. The number of hydrogen-bond donors (Lipinski definition) is 1. The highest BCUT2D eigenvalue weighted by Crippen LogP contribution is 2.26. The Kier molecular flexibility index (Phi) is 4.87. The van der Waals surface area contributed by atoms with Gasteiger partial charge in [0.1, 0.15) is 11.1 Å². The summed E-state index contributed by atoms with van der Waals surface area (Å²) >= 11 is 4.09. The SMILES string of the molecule is COc1ccc(S(=O)(=O)N2CCC(CS)[C@@H](F)C2)cn1. The van der Waals surface area contributed by atoms with Crippen LogP contribution in [0.5, 0.6) is 5.88 Å². The van der Waals surface area contributed by atoms with E-state index < -0.39 is 16.2 Å². The lowest BCUT2D eigenvalue weighted by molar-refractivity contribution is 0.147. The maximum Gasteiger partial charge on any atom is 0.244 e. The Morgan fingerprint density at radius 1 is 1.55 bits per heavy atom. The van der Waals surface area contributed by atoms with E-state index in [2.05, 4.69) is 17.6 Å². The van der Waals surface area contributed by atoms with Gasteiger partial charge in [-0.05, 0) is 18.2 Å². The highest BCUT2D eigenvalue weighted by molar-refractivity contribution is 7.89. The second-order valence-corrected chi connectivity index (χ2v) is 6.95. The maximum absolute atomic E-state index is 13.9. The summed E-state index contributed by atoms with van der Waals surface area (Å²) in [7, 11) is -2.25. The molecule has 0 aromatic carbocycles. The Morgan fingerprint density at radius 2 is 2.30 bits per heavy atom. The number of aromatic nitrogens is 1. The minimum absolute atomic E-state index is 0.0508. The number of piperidine rings is 1. The number of rotatable bonds is 4. The van der Waals surface area contributed by atoms with E-state index in [0.717, 1.165) is 0 Å². The smallest absolute Gasteiger partial charge is 0.244 e. The molecule has 20 heavy (non-hydrogen) atoms. The minimum atomic E-state index is -3.70. The van der Waals surface area contributed by atoms with Crippen LogP contribution in [-0.4, -0.2) is 49.8 Å². The monoisotopic (exact) mass is 320 g/mol. The first-order chi connectivity index (χ1) is 9.48. The van der Waals surface area contributed by atoms with E-state index in [1.54, 1.807) is 0 Å². The first-order valence-electron chi connectivity index (χ1n) is 6.24. The highest BCUT2D eigenvalue weighted by atomic mass is 32.2. The van der Waals surface area contributed by atoms with Crippen LogP contribution in [0.4, 0.5) is 4.39 Å². The molecule has 1 aromatic rings. The summed E-state index contributed by atoms with van der Waals surface area (Å²) in [5, 5.41) is 0. The van der Waals surface area contributed by atoms with Crippen molar-refractivity contribution in [1.29, 1.82) is 0 Å². The average Bonchev–Trinajstić information content (AvgIpc) is 2.47. The van der Waals surface area contributed by atoms with Crippen molar-refractivity contribution in [2.45, 2.75) is 17.5 Å². The van der Waals surface area contributed by atoms with Crippen LogP contribution >= 0.6 is 12.6 Å². The second-order valence-electron chi connectivity index (χ2n) is 4.65. The second kappa shape index (κ2) is 6.28. The molecule has 1 aliphatic heterocycles. The third kappa shape index (κ3) is 3.07. The summed E-state index contributed by atoms with van der Waals surface area (Å²) in [5.74, 6) is 0.582. The van der Waals surface area contributed by atoms with Gasteiger partial charge in [-0.25, -0.2) is 17.8 Å². The van der Waals surface area contributed by atoms with Crippen LogP contribution in [0, 0.1) is 5.92 Å². The van der Waals surface area contributed by atoms with Crippen molar-refractivity contribution in [3.05, 3.63) is 18.3 Å². The predicted octanol–water partition coefficient (Wildman–Crippen LogP) is 1.37. The Labute approximate surface area is 123 Å². The third-order valence-electron chi connectivity index (χ3n) is 3.43. The standard InChI is InChI=1S/C12H17FN2O3S2/c1-18-12-3-2-10(6-14-12)20(16,17)15-5-4-9(8-19)11(13)7-15/h2-3,6,9,11,19H,4-5,7-8H2,1H3/t9?,11-/m0/s1. The molecule has 0 bridgehead atoms. The Balaban J connectivity index is 2.18. The Hall–Kier alpha value is -0.860. The van der Waals surface area contributed by atoms with Gasteiger partial charge in [-0.1, -0.05) is 0 Å². The molecule has 1 aliphatic rings. The minimum Gasteiger partial charge on any atom is -0.481 e. The van der Waals surface area contributed by atoms with Crippen LogP contribution in [-0.2, 0) is 10.0 Å². The normalized spacial score (nSPS) is 24.6. The van der Waals surface area contributed by atoms with Crippen LogP contribution in [0.15, 0.2) is 23.2 Å². The molecule has 2 heterocycles. The summed E-state index contributed by atoms with van der Waals surface area (Å²) in [4.78, 5) is 3.93. The van der Waals surface area contributed by atoms with Crippen molar-refractivity contribution >= 4 is 22.7 Å². The summed E-state index contributed by atoms with van der Waals surface area (Å²) in [5.41, 5.74) is 0. The first-order valence-corrected chi connectivity index (χ1v) is 8.31. The maximum atomic E-state index is 13.9. The van der Waals surface area contributed by atoms with Crippen molar-refractivity contribution < 1.29 is 17.5 Å². The summed E-state index contributed by atoms with van der Waals surface area (Å²) < 4.78 is 44.7. The van der Waals surface area contributed by atoms with Gasteiger partial charge in [0.05, 0.1) is 13.3 Å². The van der Waals surface area contributed by atoms with Gasteiger partial charge in [-0.15, -0.1) is 0 Å². The molecule has 0 aliphatic carbocycles. The molecule has 1 unspecified atom stereocenters. The summed E-state index contributed by atoms with van der Waals surface area (Å²) in [6, 6.07) is 2.89. The predicted molar refractivity (Wildman–Crippen MR) is 76.4 cm³/mol. The molecular formula is C12H17FN2O3S2. The quantitative estimate of drug-likeness (QED) is 0.851. The van der Waals surface area contributed by atoms with Crippen molar-refractivity contribution in [3.8, 4) is 5.88 Å². The molecule has 1 saturated heterocycles. The van der Waals surface area contributed by atoms with E-state index in [-0.39, 0.29) is 17.4 Å². The van der Waals surface area contributed by atoms with E-state index in [0.29, 0.717) is 24.6 Å². The number of halogens is 1. The zero-order valence-corrected chi connectivity index (χ0v) is 12.8. The zero-order chi connectivity index (χ0) is 14.8. The van der Waals surface area contributed by atoms with Gasteiger partial charge in [-0.3, -0.25) is 0 Å². The van der Waals surface area contributed by atoms with E-state index in [1.807, 2.05) is 0 Å². The molecule has 112 valence electrons. The molecule has 0 radical (unpaired) electrons. The van der Waals surface area contributed by atoms with Gasteiger partial charge in [0.2, 0.25) is 15.9 Å². The molecule has 0 amide bonds. The number of pyridine rings is 1. The third-order valence-corrected chi connectivity index (χ3v) is 5.75. The fraction of sp³-hybridized carbons (Fsp3) is 0.583. The van der Waals surface area contributed by atoms with Crippen LogP contribution in [0.2, 0.25) is 0 Å². The van der Waals surface area contributed by atoms with Gasteiger partial charge in [0.15, 0.2) is 0 Å². The Morgan fingerprint density at radius 3 is 2.80 bits per heavy atom. The number of alkyl halides is 1. The van der Waals surface area contributed by atoms with Gasteiger partial charge in [0, 0.05) is 25.1 Å². The van der Waals surface area contributed by atoms with Gasteiger partial charge < -0.3 is 4.74 Å². The van der Waals surface area contributed by atoms with Crippen LogP contribution in [0.3, 0.4) is 0 Å². The van der Waals surface area contributed by atoms with E-state index in [9.17, 15) is 12.8 Å². The summed E-state index contributed by atoms with van der Waals surface area (Å²) in [6.07, 6.45) is 0.529. The number of hydrogen-bond acceptors (Lipinski definition) is 5. The number of sulfonamides is 1. The average molecular weight is 320 g/mol. The topological polar surface area (TPSA) is 59.5 Å². The van der Waals surface area contributed by atoms with E-state index >= 15 is 0 Å². The van der Waals surface area contributed by atoms with Crippen molar-refractivity contribution in [2.24, 2.45) is 5.92 Å². The number of ether oxygens (including phenoxy) is 1. The van der Waals surface area contributed by atoms with Crippen molar-refractivity contribution in [3.63, 3.8) is 0 Å². The molecule has 1 fully saturated rings. The zero-order valence-electron chi connectivity index (χ0n) is 11.1. The van der Waals surface area contributed by atoms with Crippen molar-refractivity contribution in [1.82, 2.24) is 9.29 Å². The molecule has 2 atom stereocenters. The lowest BCUT2D eigenvalue weighted by Gasteiger charge is -2.33. The van der Waals surface area contributed by atoms with E-state index in [4.69, 9.17) is 4.74 Å². The molecule has 1 aromatic heterocycles. The van der Waals surface area contributed by atoms with Gasteiger partial charge >= 0.3 is 0 Å². The van der Waals surface area contributed by atoms with Crippen LogP contribution in [0.1, 0.15) is 6.42 Å². The fourth-order valence-corrected chi connectivity index (χ4v) is 3.96. The lowest BCUT2D eigenvalue weighted by Crippen LogP contribution is -2.45. The molecular weight excluding hydrogens is 303 g/mol. The summed E-state index contributed by atoms with van der Waals surface area (Å²) in [6.45, 7) is 0.180. The highest BCUT2D eigenvalue weighted by Gasteiger charge is 2.35. The molecule has 2 rings (SSSR count). The molecule has 0 saturated carbocycles. The molecule has 5 nitrogen and oxygen atoms in total. The molecule has 8 heteroatoms. The van der Waals surface area contributed by atoms with Crippen LogP contribution in [0.25, 0.3) is 0 Å². The van der Waals surface area contributed by atoms with Crippen molar-refractivity contribution in [2.75, 3.05) is 26.0 Å². The van der Waals surface area contributed by atoms with Crippen LogP contribution < -0.4 is 4.74 Å². The lowest BCUT2D eigenvalue weighted by atomic mass is 9.98. The number of methoxy groups -OCH3 is 1. The fourth-order valence-electron chi connectivity index (χ4n) is 2.14. The van der Waals surface area contributed by atoms with E-state index in [1.165, 1.54) is 29.7 Å². The Bertz CT molecular complexity index is 550. The molecule has 0 N–H and O–H groups in total. The number of nitrogens with zero attached hydrogens (tertiary/aromatic N) is 2. The van der Waals surface area contributed by atoms with Gasteiger partial charge in [0.25, 0.3) is 0 Å².